The van der Waals surface area contributed by atoms with Crippen LogP contribution in [0.4, 0.5) is 5.69 Å². The van der Waals surface area contributed by atoms with Crippen LogP contribution in [0, 0.1) is 5.92 Å². The molecule has 1 aromatic rings. The average molecular weight is 455 g/mol. The Balaban J connectivity index is 2.80. The van der Waals surface area contributed by atoms with E-state index in [4.69, 9.17) is 0 Å². The van der Waals surface area contributed by atoms with Gasteiger partial charge in [-0.2, -0.15) is 0 Å². The molecule has 2 N–H and O–H groups in total. The summed E-state index contributed by atoms with van der Waals surface area (Å²) in [7, 11) is 0. The summed E-state index contributed by atoms with van der Waals surface area (Å²) in [5.74, 6) is 0.632. The van der Waals surface area contributed by atoms with Gasteiger partial charge >= 0.3 is 0 Å². The van der Waals surface area contributed by atoms with Crippen LogP contribution in [-0.4, -0.2) is 12.5 Å². The van der Waals surface area contributed by atoms with Crippen LogP contribution >= 0.6 is 0 Å². The van der Waals surface area contributed by atoms with Crippen molar-refractivity contribution in [3.8, 4) is 0 Å². The highest BCUT2D eigenvalue weighted by molar-refractivity contribution is 5.79. The lowest BCUT2D eigenvalue weighted by Crippen LogP contribution is -2.30. The molecule has 3 nitrogen and oxygen atoms in total. The smallest absolute Gasteiger partial charge is 0.224 e. The molecular weight excluding hydrogens is 404 g/mol. The third-order valence-corrected chi connectivity index (χ3v) is 5.97. The molecule has 0 aliphatic rings. The summed E-state index contributed by atoms with van der Waals surface area (Å²) in [6.45, 7) is 14.1. The molecule has 0 saturated heterocycles. The molecule has 1 amide bonds. The molecule has 0 heterocycles. The number of allylic oxidation sites excluding steroid dienone is 3. The van der Waals surface area contributed by atoms with Crippen molar-refractivity contribution in [2.75, 3.05) is 11.9 Å². The second-order valence-corrected chi connectivity index (χ2v) is 9.93. The van der Waals surface area contributed by atoms with E-state index >= 15 is 0 Å². The minimum atomic E-state index is 0.0325. The minimum absolute atomic E-state index is 0.0325. The molecule has 0 spiro atoms. The normalized spacial score (nSPS) is 12.5. The van der Waals surface area contributed by atoms with Crippen LogP contribution in [0.3, 0.4) is 0 Å². The highest BCUT2D eigenvalue weighted by Gasteiger charge is 2.19. The van der Waals surface area contributed by atoms with Gasteiger partial charge in [0.05, 0.1) is 6.04 Å². The summed E-state index contributed by atoms with van der Waals surface area (Å²) in [5.41, 5.74) is 4.95. The molecular formula is C30H50N2O. The third-order valence-electron chi connectivity index (χ3n) is 5.97. The van der Waals surface area contributed by atoms with E-state index in [9.17, 15) is 4.79 Å². The fourth-order valence-electron chi connectivity index (χ4n) is 4.10. The summed E-state index contributed by atoms with van der Waals surface area (Å²) in [4.78, 5) is 13.0. The van der Waals surface area contributed by atoms with Crippen molar-refractivity contribution < 1.29 is 4.79 Å². The van der Waals surface area contributed by atoms with Gasteiger partial charge in [-0.25, -0.2) is 0 Å². The lowest BCUT2D eigenvalue weighted by molar-refractivity contribution is -0.121. The molecule has 1 rings (SSSR count). The second-order valence-electron chi connectivity index (χ2n) is 9.93. The molecule has 3 heteroatoms. The first-order valence-electron chi connectivity index (χ1n) is 13.3. The number of rotatable bonds is 17. The van der Waals surface area contributed by atoms with Gasteiger partial charge in [-0.1, -0.05) is 94.9 Å². The van der Waals surface area contributed by atoms with Crippen LogP contribution in [0.2, 0.25) is 0 Å². The van der Waals surface area contributed by atoms with Crippen LogP contribution in [0.1, 0.15) is 117 Å². The van der Waals surface area contributed by atoms with Crippen molar-refractivity contribution in [2.24, 2.45) is 5.92 Å². The Morgan fingerprint density at radius 2 is 1.67 bits per heavy atom. The van der Waals surface area contributed by atoms with Crippen LogP contribution < -0.4 is 10.6 Å². The Labute approximate surface area is 204 Å². The maximum Gasteiger partial charge on any atom is 0.224 e. The van der Waals surface area contributed by atoms with Crippen LogP contribution in [0.5, 0.6) is 0 Å². The zero-order valence-corrected chi connectivity index (χ0v) is 22.3. The SMILES string of the molecule is CCCCCCCNc1ccccc1C(CC(C)C)NC(=O)C/C(=C/CCC=C(C)C)CC. The lowest BCUT2D eigenvalue weighted by atomic mass is 9.95. The summed E-state index contributed by atoms with van der Waals surface area (Å²) < 4.78 is 0. The van der Waals surface area contributed by atoms with E-state index in [1.54, 1.807) is 0 Å². The van der Waals surface area contributed by atoms with E-state index in [1.165, 1.54) is 48.8 Å². The molecule has 1 aromatic carbocycles. The first-order valence-corrected chi connectivity index (χ1v) is 13.3. The lowest BCUT2D eigenvalue weighted by Gasteiger charge is -2.24. The predicted octanol–water partition coefficient (Wildman–Crippen LogP) is 8.75. The highest BCUT2D eigenvalue weighted by Crippen LogP contribution is 2.28. The molecule has 186 valence electrons. The molecule has 0 aliphatic carbocycles. The Morgan fingerprint density at radius 1 is 0.970 bits per heavy atom. The zero-order valence-electron chi connectivity index (χ0n) is 22.3. The molecule has 0 radical (unpaired) electrons. The van der Waals surface area contributed by atoms with E-state index in [-0.39, 0.29) is 11.9 Å². The Kier molecular flexibility index (Phi) is 15.3. The molecule has 0 bridgehead atoms. The van der Waals surface area contributed by atoms with Gasteiger partial charge < -0.3 is 10.6 Å². The fourth-order valence-corrected chi connectivity index (χ4v) is 4.10. The standard InChI is InChI=1S/C30H50N2O/c1-7-9-10-11-16-21-31-28-20-15-14-19-27(28)29(22-25(5)6)32-30(33)23-26(8-2)18-13-12-17-24(3)4/h14-15,17-20,25,29,31H,7-13,16,21-23H2,1-6H3,(H,32,33)/b26-18+. The fraction of sp³-hybridized carbons (Fsp3) is 0.633. The van der Waals surface area contributed by atoms with Gasteiger partial charge in [0.2, 0.25) is 5.91 Å². The Morgan fingerprint density at radius 3 is 2.33 bits per heavy atom. The van der Waals surface area contributed by atoms with Gasteiger partial charge in [-0.05, 0) is 63.5 Å². The maximum absolute atomic E-state index is 13.0. The van der Waals surface area contributed by atoms with Crippen molar-refractivity contribution in [3.05, 3.63) is 53.1 Å². The molecule has 0 aromatic heterocycles. The third kappa shape index (κ3) is 13.3. The first-order chi connectivity index (χ1) is 15.9. The summed E-state index contributed by atoms with van der Waals surface area (Å²) in [6.07, 6.45) is 15.3. The predicted molar refractivity (Wildman–Crippen MR) is 146 cm³/mol. The number of benzene rings is 1. The van der Waals surface area contributed by atoms with Crippen LogP contribution in [-0.2, 0) is 4.79 Å². The molecule has 0 fully saturated rings. The summed E-state index contributed by atoms with van der Waals surface area (Å²) in [6, 6.07) is 8.53. The van der Waals surface area contributed by atoms with Gasteiger partial charge in [0.25, 0.3) is 0 Å². The van der Waals surface area contributed by atoms with Gasteiger partial charge in [-0.15, -0.1) is 0 Å². The molecule has 1 unspecified atom stereocenters. The number of amides is 1. The Hall–Kier alpha value is -2.03. The molecule has 0 aliphatic heterocycles. The quantitative estimate of drug-likeness (QED) is 0.182. The topological polar surface area (TPSA) is 41.1 Å². The van der Waals surface area contributed by atoms with Crippen LogP contribution in [0.15, 0.2) is 47.6 Å². The monoisotopic (exact) mass is 454 g/mol. The van der Waals surface area contributed by atoms with E-state index in [1.807, 2.05) is 0 Å². The number of para-hydroxylation sites is 1. The number of nitrogens with one attached hydrogen (secondary N) is 2. The van der Waals surface area contributed by atoms with Crippen LogP contribution in [0.25, 0.3) is 0 Å². The number of hydrogen-bond donors (Lipinski definition) is 2. The van der Waals surface area contributed by atoms with Gasteiger partial charge in [-0.3, -0.25) is 4.79 Å². The van der Waals surface area contributed by atoms with Crippen molar-refractivity contribution in [2.45, 2.75) is 112 Å². The molecule has 1 atom stereocenters. The van der Waals surface area contributed by atoms with Gasteiger partial charge in [0.15, 0.2) is 0 Å². The maximum atomic E-state index is 13.0. The number of unbranched alkanes of at least 4 members (excludes halogenated alkanes) is 5. The van der Waals surface area contributed by atoms with Gasteiger partial charge in [0, 0.05) is 18.7 Å². The van der Waals surface area contributed by atoms with Crippen molar-refractivity contribution >= 4 is 11.6 Å². The summed E-state index contributed by atoms with van der Waals surface area (Å²) >= 11 is 0. The zero-order chi connectivity index (χ0) is 24.5. The first kappa shape index (κ1) is 29.0. The summed E-state index contributed by atoms with van der Waals surface area (Å²) in [5, 5.41) is 7.01. The minimum Gasteiger partial charge on any atom is -0.385 e. The number of carbonyl (C=O) groups excluding carboxylic acids is 1. The second kappa shape index (κ2) is 17.4. The number of anilines is 1. The molecule has 33 heavy (non-hydrogen) atoms. The van der Waals surface area contributed by atoms with E-state index in [0.717, 1.165) is 37.9 Å². The Bertz CT molecular complexity index is 729. The van der Waals surface area contributed by atoms with Crippen molar-refractivity contribution in [1.29, 1.82) is 0 Å². The average Bonchev–Trinajstić information content (AvgIpc) is 2.77. The molecule has 0 saturated carbocycles. The van der Waals surface area contributed by atoms with E-state index < -0.39 is 0 Å². The van der Waals surface area contributed by atoms with E-state index in [0.29, 0.717) is 12.3 Å². The van der Waals surface area contributed by atoms with Gasteiger partial charge in [0.1, 0.15) is 0 Å². The highest BCUT2D eigenvalue weighted by atomic mass is 16.1. The van der Waals surface area contributed by atoms with Crippen molar-refractivity contribution in [1.82, 2.24) is 5.32 Å². The largest absolute Gasteiger partial charge is 0.385 e. The number of hydrogen-bond acceptors (Lipinski definition) is 2. The van der Waals surface area contributed by atoms with E-state index in [2.05, 4.69) is 88.6 Å². The van der Waals surface area contributed by atoms with Crippen molar-refractivity contribution in [3.63, 3.8) is 0 Å². The number of carbonyl (C=O) groups is 1.